The highest BCUT2D eigenvalue weighted by Gasteiger charge is 2.20. The minimum Gasteiger partial charge on any atom is -0.368 e. The monoisotopic (exact) mass is 285 g/mol. The average Bonchev–Trinajstić information content (AvgIpc) is 2.15. The number of nitrogens with one attached hydrogen (secondary N) is 1. The SMILES string of the molecule is Cc1cnc(NC(C(N)=O)C(C)C)c(Br)c1. The fourth-order valence-electron chi connectivity index (χ4n) is 1.35. The lowest BCUT2D eigenvalue weighted by atomic mass is 10.0. The van der Waals surface area contributed by atoms with E-state index < -0.39 is 6.04 Å². The zero-order valence-electron chi connectivity index (χ0n) is 9.62. The van der Waals surface area contributed by atoms with Crippen LogP contribution in [-0.2, 0) is 4.79 Å². The van der Waals surface area contributed by atoms with Gasteiger partial charge in [-0.15, -0.1) is 0 Å². The molecule has 0 fully saturated rings. The van der Waals surface area contributed by atoms with Gasteiger partial charge < -0.3 is 11.1 Å². The molecule has 4 nitrogen and oxygen atoms in total. The van der Waals surface area contributed by atoms with Crippen molar-refractivity contribution in [2.75, 3.05) is 5.32 Å². The van der Waals surface area contributed by atoms with E-state index in [0.717, 1.165) is 10.0 Å². The Hall–Kier alpha value is -1.10. The lowest BCUT2D eigenvalue weighted by molar-refractivity contribution is -0.119. The van der Waals surface area contributed by atoms with Crippen LogP contribution < -0.4 is 11.1 Å². The second-order valence-corrected chi connectivity index (χ2v) is 4.97. The Labute approximate surface area is 104 Å². The number of nitrogens with two attached hydrogens (primary N) is 1. The summed E-state index contributed by atoms with van der Waals surface area (Å²) >= 11 is 3.40. The summed E-state index contributed by atoms with van der Waals surface area (Å²) in [5.41, 5.74) is 6.37. The van der Waals surface area contributed by atoms with Crippen LogP contribution in [0, 0.1) is 12.8 Å². The number of aryl methyl sites for hydroxylation is 1. The number of hydrogen-bond donors (Lipinski definition) is 2. The van der Waals surface area contributed by atoms with Crippen molar-refractivity contribution in [2.24, 2.45) is 11.7 Å². The molecule has 0 aliphatic heterocycles. The summed E-state index contributed by atoms with van der Waals surface area (Å²) in [7, 11) is 0. The van der Waals surface area contributed by atoms with E-state index in [0.29, 0.717) is 5.82 Å². The lowest BCUT2D eigenvalue weighted by Crippen LogP contribution is -2.39. The maximum Gasteiger partial charge on any atom is 0.240 e. The number of halogens is 1. The molecule has 16 heavy (non-hydrogen) atoms. The highest BCUT2D eigenvalue weighted by atomic mass is 79.9. The molecule has 1 rings (SSSR count). The maximum atomic E-state index is 11.2. The summed E-state index contributed by atoms with van der Waals surface area (Å²) in [6, 6.07) is 1.53. The van der Waals surface area contributed by atoms with E-state index in [9.17, 15) is 4.79 Å². The summed E-state index contributed by atoms with van der Waals surface area (Å²) in [4.78, 5) is 15.5. The Morgan fingerprint density at radius 2 is 2.19 bits per heavy atom. The highest BCUT2D eigenvalue weighted by Crippen LogP contribution is 2.22. The van der Waals surface area contributed by atoms with Gasteiger partial charge in [-0.1, -0.05) is 13.8 Å². The lowest BCUT2D eigenvalue weighted by Gasteiger charge is -2.20. The second-order valence-electron chi connectivity index (χ2n) is 4.11. The first-order chi connectivity index (χ1) is 7.41. The normalized spacial score (nSPS) is 12.6. The van der Waals surface area contributed by atoms with Gasteiger partial charge in [0.2, 0.25) is 5.91 Å². The van der Waals surface area contributed by atoms with Gasteiger partial charge in [0, 0.05) is 6.20 Å². The van der Waals surface area contributed by atoms with Gasteiger partial charge in [-0.3, -0.25) is 4.79 Å². The van der Waals surface area contributed by atoms with Crippen LogP contribution in [0.25, 0.3) is 0 Å². The van der Waals surface area contributed by atoms with Gasteiger partial charge >= 0.3 is 0 Å². The van der Waals surface area contributed by atoms with Crippen LogP contribution in [0.2, 0.25) is 0 Å². The van der Waals surface area contributed by atoms with E-state index in [2.05, 4.69) is 26.2 Å². The molecule has 0 bridgehead atoms. The fraction of sp³-hybridized carbons (Fsp3) is 0.455. The quantitative estimate of drug-likeness (QED) is 0.890. The van der Waals surface area contributed by atoms with Crippen molar-refractivity contribution in [3.63, 3.8) is 0 Å². The molecule has 0 saturated heterocycles. The number of aromatic nitrogens is 1. The summed E-state index contributed by atoms with van der Waals surface area (Å²) in [6.07, 6.45) is 1.74. The van der Waals surface area contributed by atoms with Gasteiger partial charge in [0.1, 0.15) is 11.9 Å². The van der Waals surface area contributed by atoms with E-state index in [1.807, 2.05) is 26.8 Å². The molecule has 0 saturated carbocycles. The zero-order valence-corrected chi connectivity index (χ0v) is 11.2. The number of carbonyl (C=O) groups excluding carboxylic acids is 1. The molecule has 1 aromatic rings. The molecule has 0 aliphatic rings. The van der Waals surface area contributed by atoms with Crippen molar-refractivity contribution in [1.82, 2.24) is 4.98 Å². The number of primary amides is 1. The van der Waals surface area contributed by atoms with Crippen molar-refractivity contribution in [2.45, 2.75) is 26.8 Å². The first-order valence-electron chi connectivity index (χ1n) is 5.09. The van der Waals surface area contributed by atoms with Crippen LogP contribution in [0.15, 0.2) is 16.7 Å². The number of carbonyl (C=O) groups is 1. The molecular weight excluding hydrogens is 270 g/mol. The van der Waals surface area contributed by atoms with Crippen LogP contribution in [0.4, 0.5) is 5.82 Å². The van der Waals surface area contributed by atoms with Crippen LogP contribution in [0.5, 0.6) is 0 Å². The smallest absolute Gasteiger partial charge is 0.240 e. The van der Waals surface area contributed by atoms with Crippen molar-refractivity contribution >= 4 is 27.7 Å². The Balaban J connectivity index is 2.90. The Bertz CT molecular complexity index is 393. The standard InChI is InChI=1S/C11H16BrN3O/c1-6(2)9(10(13)16)15-11-8(12)4-7(3)5-14-11/h4-6,9H,1-3H3,(H2,13,16)(H,14,15). The van der Waals surface area contributed by atoms with Crippen molar-refractivity contribution in [3.8, 4) is 0 Å². The molecule has 1 heterocycles. The Morgan fingerprint density at radius 1 is 1.56 bits per heavy atom. The number of amides is 1. The largest absolute Gasteiger partial charge is 0.368 e. The molecule has 0 radical (unpaired) electrons. The first-order valence-corrected chi connectivity index (χ1v) is 5.89. The number of nitrogens with zero attached hydrogens (tertiary/aromatic N) is 1. The molecule has 1 atom stereocenters. The van der Waals surface area contributed by atoms with Crippen LogP contribution in [0.3, 0.4) is 0 Å². The van der Waals surface area contributed by atoms with Crippen molar-refractivity contribution in [3.05, 3.63) is 22.3 Å². The first kappa shape index (κ1) is 13.0. The summed E-state index contributed by atoms with van der Waals surface area (Å²) in [5.74, 6) is 0.389. The van der Waals surface area contributed by atoms with Gasteiger partial charge in [-0.25, -0.2) is 4.98 Å². The number of pyridine rings is 1. The predicted octanol–water partition coefficient (Wildman–Crippen LogP) is 2.07. The second kappa shape index (κ2) is 5.30. The van der Waals surface area contributed by atoms with Gasteiger partial charge in [-0.2, -0.15) is 0 Å². The molecule has 0 spiro atoms. The summed E-state index contributed by atoms with van der Waals surface area (Å²) in [6.45, 7) is 5.82. The molecule has 5 heteroatoms. The molecule has 3 N–H and O–H groups in total. The maximum absolute atomic E-state index is 11.2. The van der Waals surface area contributed by atoms with Crippen LogP contribution in [-0.4, -0.2) is 16.9 Å². The van der Waals surface area contributed by atoms with E-state index in [1.54, 1.807) is 6.20 Å². The molecule has 0 aliphatic carbocycles. The third-order valence-electron chi connectivity index (χ3n) is 2.24. The molecule has 0 aromatic carbocycles. The average molecular weight is 286 g/mol. The van der Waals surface area contributed by atoms with Gasteiger partial charge in [0.25, 0.3) is 0 Å². The Morgan fingerprint density at radius 3 is 2.62 bits per heavy atom. The highest BCUT2D eigenvalue weighted by molar-refractivity contribution is 9.10. The van der Waals surface area contributed by atoms with E-state index >= 15 is 0 Å². The topological polar surface area (TPSA) is 68.0 Å². The molecule has 88 valence electrons. The minimum absolute atomic E-state index is 0.118. The number of anilines is 1. The van der Waals surface area contributed by atoms with Gasteiger partial charge in [-0.05, 0) is 40.4 Å². The van der Waals surface area contributed by atoms with E-state index in [1.165, 1.54) is 0 Å². The zero-order chi connectivity index (χ0) is 12.3. The predicted molar refractivity (Wildman–Crippen MR) is 68.1 cm³/mol. The molecule has 1 amide bonds. The third-order valence-corrected chi connectivity index (χ3v) is 2.85. The summed E-state index contributed by atoms with van der Waals surface area (Å²) in [5, 5.41) is 3.04. The van der Waals surface area contributed by atoms with Crippen LogP contribution >= 0.6 is 15.9 Å². The van der Waals surface area contributed by atoms with E-state index in [-0.39, 0.29) is 11.8 Å². The minimum atomic E-state index is -0.411. The number of rotatable bonds is 4. The summed E-state index contributed by atoms with van der Waals surface area (Å²) < 4.78 is 0.833. The Kier molecular flexibility index (Phi) is 4.29. The fourth-order valence-corrected chi connectivity index (χ4v) is 1.93. The van der Waals surface area contributed by atoms with Gasteiger partial charge in [0.15, 0.2) is 0 Å². The van der Waals surface area contributed by atoms with Crippen LogP contribution in [0.1, 0.15) is 19.4 Å². The van der Waals surface area contributed by atoms with Crippen molar-refractivity contribution in [1.29, 1.82) is 0 Å². The molecule has 1 unspecified atom stereocenters. The third kappa shape index (κ3) is 3.20. The molecular formula is C11H16BrN3O. The van der Waals surface area contributed by atoms with Crippen molar-refractivity contribution < 1.29 is 4.79 Å². The molecule has 1 aromatic heterocycles. The number of hydrogen-bond acceptors (Lipinski definition) is 3. The van der Waals surface area contributed by atoms with Gasteiger partial charge in [0.05, 0.1) is 4.47 Å². The van der Waals surface area contributed by atoms with E-state index in [4.69, 9.17) is 5.73 Å².